The molecular formula is C28H37N5O3. The lowest BCUT2D eigenvalue weighted by Crippen LogP contribution is -2.59. The van der Waals surface area contributed by atoms with Crippen molar-refractivity contribution in [2.75, 3.05) is 39.0 Å². The molecule has 0 atom stereocenters. The van der Waals surface area contributed by atoms with Crippen molar-refractivity contribution >= 4 is 17.6 Å². The van der Waals surface area contributed by atoms with Gasteiger partial charge in [0, 0.05) is 18.3 Å². The second-order valence-electron chi connectivity index (χ2n) is 11.1. The highest BCUT2D eigenvalue weighted by molar-refractivity contribution is 5.94. The third-order valence-electron chi connectivity index (χ3n) is 8.75. The van der Waals surface area contributed by atoms with Crippen LogP contribution in [0.15, 0.2) is 54.9 Å². The van der Waals surface area contributed by atoms with E-state index in [9.17, 15) is 14.7 Å². The number of nitrogens with one attached hydrogen (secondary N) is 1. The molecule has 2 aliphatic carbocycles. The fourth-order valence-electron chi connectivity index (χ4n) is 6.39. The lowest BCUT2D eigenvalue weighted by atomic mass is 9.67. The number of amides is 3. The van der Waals surface area contributed by atoms with Gasteiger partial charge in [-0.3, -0.25) is 14.7 Å². The molecule has 3 fully saturated rings. The van der Waals surface area contributed by atoms with Gasteiger partial charge in [-0.2, -0.15) is 0 Å². The van der Waals surface area contributed by atoms with E-state index in [0.717, 1.165) is 44.9 Å². The first kappa shape index (κ1) is 24.7. The molecule has 8 heteroatoms. The van der Waals surface area contributed by atoms with Crippen LogP contribution < -0.4 is 5.32 Å². The summed E-state index contributed by atoms with van der Waals surface area (Å²) >= 11 is 0. The summed E-state index contributed by atoms with van der Waals surface area (Å²) in [4.78, 5) is 36.4. The van der Waals surface area contributed by atoms with E-state index in [-0.39, 0.29) is 29.6 Å². The Hall–Kier alpha value is -2.97. The van der Waals surface area contributed by atoms with Crippen LogP contribution >= 0.6 is 0 Å². The van der Waals surface area contributed by atoms with Crippen LogP contribution in [0.1, 0.15) is 50.5 Å². The van der Waals surface area contributed by atoms with Crippen molar-refractivity contribution in [3.05, 3.63) is 60.4 Å². The summed E-state index contributed by atoms with van der Waals surface area (Å²) in [5.74, 6) is -0.238. The second-order valence-corrected chi connectivity index (χ2v) is 11.1. The fourth-order valence-corrected chi connectivity index (χ4v) is 6.39. The maximum atomic E-state index is 13.7. The van der Waals surface area contributed by atoms with Gasteiger partial charge in [-0.25, -0.2) is 4.79 Å². The predicted molar refractivity (Wildman–Crippen MR) is 138 cm³/mol. The Labute approximate surface area is 213 Å². The zero-order valence-corrected chi connectivity index (χ0v) is 21.3. The van der Waals surface area contributed by atoms with E-state index in [1.165, 1.54) is 5.56 Å². The fraction of sp³-hybridized carbons (Fsp3) is 0.536. The summed E-state index contributed by atoms with van der Waals surface area (Å²) in [6.07, 6.45) is 9.13. The molecule has 3 aliphatic rings. The highest BCUT2D eigenvalue weighted by Crippen LogP contribution is 2.50. The van der Waals surface area contributed by atoms with Crippen LogP contribution in [0.2, 0.25) is 0 Å². The first-order valence-electron chi connectivity index (χ1n) is 13.0. The summed E-state index contributed by atoms with van der Waals surface area (Å²) in [5.41, 5.74) is 0.615. The minimum atomic E-state index is -0.813. The van der Waals surface area contributed by atoms with Crippen LogP contribution in [0.25, 0.3) is 0 Å². The number of hydrogen-bond acceptors (Lipinski definition) is 5. The maximum Gasteiger partial charge on any atom is 0.321 e. The Morgan fingerprint density at radius 3 is 2.36 bits per heavy atom. The van der Waals surface area contributed by atoms with Gasteiger partial charge in [0.25, 0.3) is 0 Å². The summed E-state index contributed by atoms with van der Waals surface area (Å²) < 4.78 is 0. The molecule has 1 aromatic carbocycles. The molecule has 8 nitrogen and oxygen atoms in total. The summed E-state index contributed by atoms with van der Waals surface area (Å²) in [6.45, 7) is 0.829. The number of aliphatic hydroxyl groups is 1. The van der Waals surface area contributed by atoms with Gasteiger partial charge >= 0.3 is 6.03 Å². The molecule has 2 heterocycles. The van der Waals surface area contributed by atoms with Gasteiger partial charge < -0.3 is 20.2 Å². The Morgan fingerprint density at radius 1 is 1.06 bits per heavy atom. The average Bonchev–Trinajstić information content (AvgIpc) is 3.09. The van der Waals surface area contributed by atoms with E-state index in [1.807, 2.05) is 11.0 Å². The molecule has 1 spiro atoms. The van der Waals surface area contributed by atoms with Crippen LogP contribution in [0, 0.1) is 0 Å². The molecule has 3 amide bonds. The first-order valence-corrected chi connectivity index (χ1v) is 13.0. The molecule has 1 aliphatic heterocycles. The zero-order valence-electron chi connectivity index (χ0n) is 21.3. The summed E-state index contributed by atoms with van der Waals surface area (Å²) in [5, 5.41) is 13.9. The molecule has 0 bridgehead atoms. The number of carbonyl (C=O) groups excluding carboxylic acids is 2. The molecule has 5 rings (SSSR count). The Kier molecular flexibility index (Phi) is 6.51. The number of aromatic nitrogens is 1. The standard InChI is InChI=1S/C28H37N5O3/c1-31(2)28(22-8-4-3-5-9-22)15-13-26(14-16-28)20-32(19-24(34)30-23-10-6-17-29-18-23)25(35)33(26)21-27(36)11-7-12-27/h3-6,8-10,17-18,36H,7,11-16,19-21H2,1-2H3,(H,30,34)/t26-,28+. The van der Waals surface area contributed by atoms with Crippen LogP contribution in [0.5, 0.6) is 0 Å². The topological polar surface area (TPSA) is 89.0 Å². The third-order valence-corrected chi connectivity index (χ3v) is 8.75. The van der Waals surface area contributed by atoms with E-state index in [1.54, 1.807) is 29.4 Å². The minimum absolute atomic E-state index is 0.0120. The minimum Gasteiger partial charge on any atom is -0.388 e. The number of β-amino-alcohol motifs (C(OH)–C–C–N with tert-alkyl or cyclic N) is 1. The quantitative estimate of drug-likeness (QED) is 0.619. The number of anilines is 1. The Bertz CT molecular complexity index is 1080. The first-order chi connectivity index (χ1) is 17.3. The van der Waals surface area contributed by atoms with Gasteiger partial charge in [-0.05, 0) is 76.7 Å². The highest BCUT2D eigenvalue weighted by Gasteiger charge is 2.56. The molecule has 36 heavy (non-hydrogen) atoms. The molecule has 192 valence electrons. The van der Waals surface area contributed by atoms with Gasteiger partial charge in [0.2, 0.25) is 5.91 Å². The van der Waals surface area contributed by atoms with Gasteiger partial charge in [-0.1, -0.05) is 30.3 Å². The molecular weight excluding hydrogens is 454 g/mol. The Balaban J connectivity index is 1.37. The van der Waals surface area contributed by atoms with Gasteiger partial charge in [0.1, 0.15) is 6.54 Å². The van der Waals surface area contributed by atoms with E-state index in [4.69, 9.17) is 0 Å². The van der Waals surface area contributed by atoms with Crippen molar-refractivity contribution < 1.29 is 14.7 Å². The largest absolute Gasteiger partial charge is 0.388 e. The summed E-state index contributed by atoms with van der Waals surface area (Å²) in [6, 6.07) is 14.0. The third kappa shape index (κ3) is 4.48. The lowest BCUT2D eigenvalue weighted by Gasteiger charge is -2.52. The van der Waals surface area contributed by atoms with Crippen molar-refractivity contribution in [3.63, 3.8) is 0 Å². The van der Waals surface area contributed by atoms with Crippen molar-refractivity contribution in [2.45, 2.75) is 61.6 Å². The van der Waals surface area contributed by atoms with E-state index >= 15 is 0 Å². The van der Waals surface area contributed by atoms with Crippen molar-refractivity contribution in [1.82, 2.24) is 19.7 Å². The molecule has 2 N–H and O–H groups in total. The monoisotopic (exact) mass is 491 g/mol. The van der Waals surface area contributed by atoms with E-state index in [0.29, 0.717) is 18.8 Å². The van der Waals surface area contributed by atoms with Crippen LogP contribution in [-0.4, -0.2) is 81.6 Å². The number of pyridine rings is 1. The molecule has 1 aromatic heterocycles. The Morgan fingerprint density at radius 2 is 1.78 bits per heavy atom. The van der Waals surface area contributed by atoms with Crippen LogP contribution in [-0.2, 0) is 10.3 Å². The van der Waals surface area contributed by atoms with Crippen molar-refractivity contribution in [1.29, 1.82) is 0 Å². The van der Waals surface area contributed by atoms with E-state index in [2.05, 4.69) is 53.6 Å². The van der Waals surface area contributed by atoms with Crippen LogP contribution in [0.3, 0.4) is 0 Å². The SMILES string of the molecule is CN(C)[C@]1(c2ccccc2)CC[C@]2(CC1)CN(CC(=O)Nc1cccnc1)C(=O)N2CC1(O)CCC1. The molecule has 0 radical (unpaired) electrons. The normalized spacial score (nSPS) is 27.4. The number of urea groups is 1. The van der Waals surface area contributed by atoms with Crippen LogP contribution in [0.4, 0.5) is 10.5 Å². The van der Waals surface area contributed by atoms with Gasteiger partial charge in [0.15, 0.2) is 0 Å². The maximum absolute atomic E-state index is 13.7. The predicted octanol–water partition coefficient (Wildman–Crippen LogP) is 3.44. The summed E-state index contributed by atoms with van der Waals surface area (Å²) in [7, 11) is 4.27. The number of carbonyl (C=O) groups is 2. The molecule has 2 aromatic rings. The van der Waals surface area contributed by atoms with Crippen molar-refractivity contribution in [2.24, 2.45) is 0 Å². The van der Waals surface area contributed by atoms with Gasteiger partial charge in [-0.15, -0.1) is 0 Å². The zero-order chi connectivity index (χ0) is 25.4. The number of rotatable bonds is 7. The number of nitrogens with zero attached hydrogens (tertiary/aromatic N) is 4. The highest BCUT2D eigenvalue weighted by atomic mass is 16.3. The average molecular weight is 492 g/mol. The molecule has 1 saturated heterocycles. The van der Waals surface area contributed by atoms with Gasteiger partial charge in [0.05, 0.1) is 29.6 Å². The second kappa shape index (κ2) is 9.48. The van der Waals surface area contributed by atoms with Crippen molar-refractivity contribution in [3.8, 4) is 0 Å². The number of hydrogen-bond donors (Lipinski definition) is 2. The smallest absolute Gasteiger partial charge is 0.321 e. The number of benzene rings is 1. The molecule has 0 unspecified atom stereocenters. The lowest BCUT2D eigenvalue weighted by molar-refractivity contribution is -0.116. The van der Waals surface area contributed by atoms with E-state index < -0.39 is 5.60 Å². The molecule has 2 saturated carbocycles.